The number of ether oxygens (including phenoxy) is 1. The van der Waals surface area contributed by atoms with Crippen molar-refractivity contribution in [3.63, 3.8) is 0 Å². The molecule has 0 spiro atoms. The molecule has 1 radical (unpaired) electrons. The van der Waals surface area contributed by atoms with Crippen LogP contribution in [-0.2, 0) is 37.4 Å². The van der Waals surface area contributed by atoms with Crippen LogP contribution in [0.1, 0.15) is 47.5 Å². The average Bonchev–Trinajstić information content (AvgIpc) is 2.23. The Morgan fingerprint density at radius 3 is 2.22 bits per heavy atom. The number of hydrogen-bond donors (Lipinski definition) is 1. The Hall–Kier alpha value is 0.984. The molecule has 5 atom stereocenters. The molecular formula is C14H30NO2Y-. The molecule has 0 aromatic rings. The Labute approximate surface area is 138 Å². The van der Waals surface area contributed by atoms with Crippen molar-refractivity contribution >= 4 is 0 Å². The van der Waals surface area contributed by atoms with Gasteiger partial charge in [0.1, 0.15) is 0 Å². The summed E-state index contributed by atoms with van der Waals surface area (Å²) in [4.78, 5) is 0. The van der Waals surface area contributed by atoms with Crippen LogP contribution in [0.4, 0.5) is 0 Å². The van der Waals surface area contributed by atoms with E-state index in [0.29, 0.717) is 17.8 Å². The van der Waals surface area contributed by atoms with Gasteiger partial charge in [-0.05, 0) is 24.7 Å². The minimum atomic E-state index is -0.917. The van der Waals surface area contributed by atoms with Crippen molar-refractivity contribution in [2.45, 2.75) is 59.4 Å². The van der Waals surface area contributed by atoms with Gasteiger partial charge in [-0.2, -0.15) is 14.1 Å². The van der Waals surface area contributed by atoms with Crippen LogP contribution in [0.15, 0.2) is 0 Å². The van der Waals surface area contributed by atoms with Crippen LogP contribution < -0.4 is 0 Å². The van der Waals surface area contributed by atoms with E-state index in [-0.39, 0.29) is 38.8 Å². The van der Waals surface area contributed by atoms with E-state index >= 15 is 0 Å². The minimum Gasteiger partial charge on any atom is -0.668 e. The molecule has 1 heterocycles. The van der Waals surface area contributed by atoms with Gasteiger partial charge in [-0.1, -0.05) is 34.1 Å². The molecule has 3 nitrogen and oxygen atoms in total. The largest absolute Gasteiger partial charge is 0.668 e. The summed E-state index contributed by atoms with van der Waals surface area (Å²) in [6.07, 6.45) is 2.07. The van der Waals surface area contributed by atoms with E-state index in [0.717, 1.165) is 12.8 Å². The maximum absolute atomic E-state index is 9.96. The van der Waals surface area contributed by atoms with Crippen molar-refractivity contribution < 1.29 is 42.6 Å². The van der Waals surface area contributed by atoms with Gasteiger partial charge in [-0.15, -0.1) is 0 Å². The molecule has 0 saturated carbocycles. The van der Waals surface area contributed by atoms with Gasteiger partial charge in [0.05, 0.1) is 6.10 Å². The van der Waals surface area contributed by atoms with Gasteiger partial charge < -0.3 is 15.2 Å². The summed E-state index contributed by atoms with van der Waals surface area (Å²) < 4.78 is 5.76. The topological polar surface area (TPSA) is 43.6 Å². The molecule has 4 heteroatoms. The number of nitrogens with zero attached hydrogens (tertiary/aromatic N) is 1. The Kier molecular flexibility index (Phi) is 11.6. The minimum absolute atomic E-state index is 0. The SMILES string of the molecule is CC[C@@H](C)C1O[C@](C)(O)C[C@@H](C)[C@H]1C.C[N-]C.[Y]. The normalized spacial score (nSPS) is 37.0. The van der Waals surface area contributed by atoms with Crippen LogP contribution in [-0.4, -0.2) is 31.1 Å². The number of hydrogen-bond acceptors (Lipinski definition) is 2. The zero-order chi connectivity index (χ0) is 13.6. The third-order valence-electron chi connectivity index (χ3n) is 3.71. The van der Waals surface area contributed by atoms with Crippen LogP contribution in [0.2, 0.25) is 0 Å². The number of rotatable bonds is 2. The van der Waals surface area contributed by atoms with Crippen LogP contribution in [0.5, 0.6) is 0 Å². The summed E-state index contributed by atoms with van der Waals surface area (Å²) in [6, 6.07) is 0. The first kappa shape index (κ1) is 21.3. The van der Waals surface area contributed by atoms with E-state index < -0.39 is 5.79 Å². The summed E-state index contributed by atoms with van der Waals surface area (Å²) in [7, 11) is 3.50. The Balaban J connectivity index is 0. The smallest absolute Gasteiger partial charge is 0.163 e. The summed E-state index contributed by atoms with van der Waals surface area (Å²) in [5.74, 6) is 0.696. The first-order valence-electron chi connectivity index (χ1n) is 6.67. The zero-order valence-electron chi connectivity index (χ0n) is 13.1. The molecule has 0 aliphatic carbocycles. The first-order chi connectivity index (χ1) is 7.79. The molecule has 0 aromatic heterocycles. The molecule has 0 aromatic carbocycles. The van der Waals surface area contributed by atoms with Gasteiger partial charge in [-0.3, -0.25) is 0 Å². The van der Waals surface area contributed by atoms with Crippen LogP contribution in [0.3, 0.4) is 0 Å². The fourth-order valence-corrected chi connectivity index (χ4v) is 2.42. The second kappa shape index (κ2) is 9.82. The quantitative estimate of drug-likeness (QED) is 0.841. The van der Waals surface area contributed by atoms with Crippen molar-refractivity contribution in [2.75, 3.05) is 14.1 Å². The van der Waals surface area contributed by atoms with E-state index in [1.54, 1.807) is 21.0 Å². The zero-order valence-corrected chi connectivity index (χ0v) is 15.9. The van der Waals surface area contributed by atoms with E-state index in [2.05, 4.69) is 33.0 Å². The predicted molar refractivity (Wildman–Crippen MR) is 73.1 cm³/mol. The molecule has 1 unspecified atom stereocenters. The monoisotopic (exact) mass is 333 g/mol. The van der Waals surface area contributed by atoms with Gasteiger partial charge >= 0.3 is 0 Å². The predicted octanol–water partition coefficient (Wildman–Crippen LogP) is 3.42. The van der Waals surface area contributed by atoms with Gasteiger partial charge in [0.25, 0.3) is 0 Å². The molecule has 0 bridgehead atoms. The molecule has 0 amide bonds. The fraction of sp³-hybridized carbons (Fsp3) is 1.00. The third-order valence-corrected chi connectivity index (χ3v) is 3.71. The Morgan fingerprint density at radius 2 is 1.83 bits per heavy atom. The van der Waals surface area contributed by atoms with Crippen LogP contribution in [0, 0.1) is 17.8 Å². The van der Waals surface area contributed by atoms with E-state index in [4.69, 9.17) is 4.74 Å². The summed E-state index contributed by atoms with van der Waals surface area (Å²) >= 11 is 0. The van der Waals surface area contributed by atoms with Crippen molar-refractivity contribution in [3.8, 4) is 0 Å². The van der Waals surface area contributed by atoms with Crippen LogP contribution in [0.25, 0.3) is 5.32 Å². The van der Waals surface area contributed by atoms with Gasteiger partial charge in [-0.25, -0.2) is 0 Å². The molecule has 1 N–H and O–H groups in total. The van der Waals surface area contributed by atoms with Crippen molar-refractivity contribution in [1.82, 2.24) is 0 Å². The van der Waals surface area contributed by atoms with Crippen LogP contribution >= 0.6 is 0 Å². The van der Waals surface area contributed by atoms with Crippen molar-refractivity contribution in [3.05, 3.63) is 5.32 Å². The maximum atomic E-state index is 9.96. The third kappa shape index (κ3) is 6.95. The molecule has 1 aliphatic heterocycles. The summed E-state index contributed by atoms with van der Waals surface area (Å²) in [5.41, 5.74) is 0. The van der Waals surface area contributed by atoms with Crippen molar-refractivity contribution in [2.24, 2.45) is 17.8 Å². The fourth-order valence-electron chi connectivity index (χ4n) is 2.42. The molecule has 107 valence electrons. The van der Waals surface area contributed by atoms with Gasteiger partial charge in [0, 0.05) is 39.1 Å². The van der Waals surface area contributed by atoms with E-state index in [1.165, 1.54) is 0 Å². The van der Waals surface area contributed by atoms with Gasteiger partial charge in [0.15, 0.2) is 5.79 Å². The molecule has 1 fully saturated rings. The molecule has 1 rings (SSSR count). The maximum Gasteiger partial charge on any atom is 0.163 e. The van der Waals surface area contributed by atoms with Crippen molar-refractivity contribution in [1.29, 1.82) is 0 Å². The number of aliphatic hydroxyl groups is 1. The Bertz CT molecular complexity index is 212. The molecule has 18 heavy (non-hydrogen) atoms. The first-order valence-corrected chi connectivity index (χ1v) is 6.67. The van der Waals surface area contributed by atoms with Gasteiger partial charge in [0.2, 0.25) is 0 Å². The molecular weight excluding hydrogens is 303 g/mol. The molecule has 1 aliphatic rings. The standard InChI is InChI=1S/C12H24O2.C2H6N.Y/c1-6-8(2)11-10(4)9(3)7-12(5,13)14-11;1-3-2;/h8-11,13H,6-7H2,1-5H3;1-2H3;/q;-1;/t8-,9-,10-,11?,12+;;/m1../s1. The van der Waals surface area contributed by atoms with E-state index in [9.17, 15) is 5.11 Å². The second-order valence-corrected chi connectivity index (χ2v) is 5.63. The molecule has 1 saturated heterocycles. The summed E-state index contributed by atoms with van der Waals surface area (Å²) in [5, 5.41) is 13.5. The summed E-state index contributed by atoms with van der Waals surface area (Å²) in [6.45, 7) is 10.6. The Morgan fingerprint density at radius 1 is 1.39 bits per heavy atom. The average molecular weight is 333 g/mol. The second-order valence-electron chi connectivity index (χ2n) is 5.63. The van der Waals surface area contributed by atoms with E-state index in [1.807, 2.05) is 0 Å².